The van der Waals surface area contributed by atoms with Gasteiger partial charge in [0.25, 0.3) is 0 Å². The van der Waals surface area contributed by atoms with Crippen molar-refractivity contribution in [2.75, 3.05) is 50.1 Å². The Kier molecular flexibility index (Phi) is 14.0. The number of hydrogen-bond acceptors (Lipinski definition) is 1. The van der Waals surface area contributed by atoms with Crippen LogP contribution in [0.25, 0.3) is 0 Å². The van der Waals surface area contributed by atoms with Gasteiger partial charge in [0.15, 0.2) is 0 Å². The van der Waals surface area contributed by atoms with Crippen LogP contribution < -0.4 is 21.2 Å². The van der Waals surface area contributed by atoms with E-state index in [1.54, 1.807) is 15.9 Å². The number of nitrogens with one attached hydrogen (secondary N) is 1. The summed E-state index contributed by atoms with van der Waals surface area (Å²) in [7, 11) is 8.24. The summed E-state index contributed by atoms with van der Waals surface area (Å²) in [6, 6.07) is 34.2. The van der Waals surface area contributed by atoms with E-state index in [9.17, 15) is 0 Å². The Morgan fingerprint density at radius 2 is 0.758 bits per heavy atom. The van der Waals surface area contributed by atoms with Crippen molar-refractivity contribution in [1.29, 1.82) is 0 Å². The van der Waals surface area contributed by atoms with E-state index in [4.69, 9.17) is 19.4 Å². The SMILES string of the molecule is [Cl][Ru][Cl].c1ccc([PH+]2CCNCC[PH+](c3ccccc3)CC[PH+](c3ccccc3)CC2)cc1. The van der Waals surface area contributed by atoms with Crippen molar-refractivity contribution in [3.05, 3.63) is 91.0 Å². The second kappa shape index (κ2) is 16.7. The minimum atomic E-state index is -0.500. The van der Waals surface area contributed by atoms with Gasteiger partial charge in [-0.15, -0.1) is 0 Å². The molecule has 33 heavy (non-hydrogen) atoms. The second-order valence-corrected chi connectivity index (χ2v) is 19.2. The van der Waals surface area contributed by atoms with Gasteiger partial charge in [-0.2, -0.15) is 0 Å². The van der Waals surface area contributed by atoms with Gasteiger partial charge in [-0.05, 0) is 36.4 Å². The van der Waals surface area contributed by atoms with Crippen LogP contribution in [0.4, 0.5) is 0 Å². The van der Waals surface area contributed by atoms with Crippen LogP contribution in [0, 0.1) is 0 Å². The van der Waals surface area contributed by atoms with Crippen molar-refractivity contribution >= 4 is 59.1 Å². The topological polar surface area (TPSA) is 12.0 Å². The summed E-state index contributed by atoms with van der Waals surface area (Å²) in [4.78, 5) is 0. The van der Waals surface area contributed by atoms with Crippen molar-refractivity contribution < 1.29 is 15.1 Å². The molecule has 2 atom stereocenters. The van der Waals surface area contributed by atoms with E-state index >= 15 is 0 Å². The van der Waals surface area contributed by atoms with Crippen LogP contribution in [-0.4, -0.2) is 50.1 Å². The summed E-state index contributed by atoms with van der Waals surface area (Å²) in [5.41, 5.74) is 0. The van der Waals surface area contributed by atoms with E-state index < -0.39 is 23.8 Å². The third-order valence-electron chi connectivity index (χ3n) is 6.21. The van der Waals surface area contributed by atoms with Gasteiger partial charge in [-0.25, -0.2) is 0 Å². The molecule has 0 amide bonds. The third-order valence-corrected chi connectivity index (χ3v) is 15.8. The average molecular weight is 626 g/mol. The van der Waals surface area contributed by atoms with Gasteiger partial charge in [0, 0.05) is 36.9 Å². The maximum Gasteiger partial charge on any atom is 0.0957 e. The van der Waals surface area contributed by atoms with Gasteiger partial charge in [0.2, 0.25) is 0 Å². The minimum absolute atomic E-state index is 0.346. The molecule has 1 nitrogen and oxygen atoms in total. The Labute approximate surface area is 219 Å². The molecule has 4 rings (SSSR count). The van der Waals surface area contributed by atoms with Crippen LogP contribution in [0.1, 0.15) is 0 Å². The largest absolute Gasteiger partial charge is 0.310 e. The molecule has 178 valence electrons. The number of halogens is 2. The fourth-order valence-corrected chi connectivity index (χ4v) is 14.7. The maximum atomic E-state index is 4.85. The van der Waals surface area contributed by atoms with Crippen molar-refractivity contribution in [2.24, 2.45) is 0 Å². The van der Waals surface area contributed by atoms with Gasteiger partial charge < -0.3 is 5.32 Å². The molecule has 0 bridgehead atoms. The molecule has 1 N–H and O–H groups in total. The zero-order valence-corrected chi connectivity index (χ0v) is 25.2. The Bertz CT molecular complexity index is 836. The average Bonchev–Trinajstić information content (AvgIpc) is 2.87. The third kappa shape index (κ3) is 9.94. The molecule has 7 heteroatoms. The zero-order valence-electron chi connectivity index (χ0n) is 18.9. The number of hydrogen-bond donors (Lipinski definition) is 1. The van der Waals surface area contributed by atoms with Crippen molar-refractivity contribution in [3.8, 4) is 0 Å². The molecular formula is C26H35Cl2NP3Ru+3. The van der Waals surface area contributed by atoms with Crippen LogP contribution >= 0.6 is 43.1 Å². The number of benzene rings is 3. The molecule has 2 unspecified atom stereocenters. The minimum Gasteiger partial charge on any atom is -0.310 e. The summed E-state index contributed by atoms with van der Waals surface area (Å²) in [5.74, 6) is 0. The predicted octanol–water partition coefficient (Wildman–Crippen LogP) is 5.59. The molecular weight excluding hydrogens is 591 g/mol. The van der Waals surface area contributed by atoms with Crippen molar-refractivity contribution in [1.82, 2.24) is 5.32 Å². The van der Waals surface area contributed by atoms with E-state index in [-0.39, 0.29) is 15.1 Å². The van der Waals surface area contributed by atoms with Gasteiger partial charge in [0.1, 0.15) is 0 Å². The fraction of sp³-hybridized carbons (Fsp3) is 0.308. The summed E-state index contributed by atoms with van der Waals surface area (Å²) < 4.78 is 0. The van der Waals surface area contributed by atoms with Crippen LogP contribution in [0.3, 0.4) is 0 Å². The molecule has 1 saturated heterocycles. The molecule has 3 aromatic carbocycles. The van der Waals surface area contributed by atoms with Gasteiger partial charge >= 0.3 is 34.5 Å². The summed E-state index contributed by atoms with van der Waals surface area (Å²) in [6.45, 7) is 2.36. The van der Waals surface area contributed by atoms with E-state index in [1.165, 1.54) is 50.1 Å². The Balaban J connectivity index is 0.000000968. The molecule has 1 aliphatic heterocycles. The first kappa shape index (κ1) is 27.7. The maximum absolute atomic E-state index is 4.85. The Morgan fingerprint density at radius 1 is 0.485 bits per heavy atom. The van der Waals surface area contributed by atoms with Crippen molar-refractivity contribution in [2.45, 2.75) is 0 Å². The molecule has 1 fully saturated rings. The quantitative estimate of drug-likeness (QED) is 0.296. The molecule has 0 spiro atoms. The van der Waals surface area contributed by atoms with E-state index in [0.717, 1.165) is 0 Å². The smallest absolute Gasteiger partial charge is 0.0957 e. The Hall–Kier alpha value is 0.113. The monoisotopic (exact) mass is 626 g/mol. The van der Waals surface area contributed by atoms with Gasteiger partial charge in [0.05, 0.1) is 52.9 Å². The number of rotatable bonds is 3. The molecule has 0 aliphatic carbocycles. The molecule has 1 aliphatic rings. The first-order valence-corrected chi connectivity index (χ1v) is 21.8. The summed E-state index contributed by atoms with van der Waals surface area (Å²) in [5, 5.41) is 8.72. The summed E-state index contributed by atoms with van der Waals surface area (Å²) >= 11 is -0.346. The van der Waals surface area contributed by atoms with E-state index in [0.29, 0.717) is 0 Å². The van der Waals surface area contributed by atoms with Crippen molar-refractivity contribution in [3.63, 3.8) is 0 Å². The first-order valence-electron chi connectivity index (χ1n) is 11.6. The van der Waals surface area contributed by atoms with Gasteiger partial charge in [-0.1, -0.05) is 54.6 Å². The molecule has 0 aromatic heterocycles. The predicted molar refractivity (Wildman–Crippen MR) is 157 cm³/mol. The van der Waals surface area contributed by atoms with Crippen LogP contribution in [0.15, 0.2) is 91.0 Å². The molecule has 1 heterocycles. The zero-order chi connectivity index (χ0) is 23.1. The van der Waals surface area contributed by atoms with Crippen LogP contribution in [-0.2, 0) is 15.1 Å². The molecule has 3 aromatic rings. The van der Waals surface area contributed by atoms with E-state index in [1.807, 2.05) is 0 Å². The first-order chi connectivity index (χ1) is 16.3. The molecule has 0 radical (unpaired) electrons. The second-order valence-electron chi connectivity index (χ2n) is 8.21. The Morgan fingerprint density at radius 3 is 1.06 bits per heavy atom. The van der Waals surface area contributed by atoms with Crippen LogP contribution in [0.2, 0.25) is 0 Å². The summed E-state index contributed by atoms with van der Waals surface area (Å²) in [6.07, 6.45) is 8.42. The van der Waals surface area contributed by atoms with E-state index in [2.05, 4.69) is 96.3 Å². The standard InChI is InChI=1S/C26H32NP3.2ClH.Ru/c1-4-10-24(11-5-1)28-18-16-27-17-19-29(25-12-6-2-7-13-25)21-23-30(22-20-28)26-14-8-3-9-15-26;;;/h1-15,27H,16-23H2;2*1H;/q;;;+2/p+1. The fourth-order valence-electron chi connectivity index (χ4n) is 4.47. The van der Waals surface area contributed by atoms with Gasteiger partial charge in [-0.3, -0.25) is 0 Å². The van der Waals surface area contributed by atoms with Crippen LogP contribution in [0.5, 0.6) is 0 Å². The normalized spacial score (nSPS) is 22.3. The molecule has 0 saturated carbocycles.